The summed E-state index contributed by atoms with van der Waals surface area (Å²) in [5.41, 5.74) is 5.05. The first kappa shape index (κ1) is 13.1. The van der Waals surface area contributed by atoms with Crippen LogP contribution in [0.4, 0.5) is 24.5 Å². The number of hydrogen-bond donors (Lipinski definition) is 1. The van der Waals surface area contributed by atoms with Crippen LogP contribution in [0.3, 0.4) is 0 Å². The maximum atomic E-state index is 12.8. The highest BCUT2D eigenvalue weighted by Crippen LogP contribution is 2.38. The number of alkyl halides is 3. The van der Waals surface area contributed by atoms with E-state index < -0.39 is 11.7 Å². The lowest BCUT2D eigenvalue weighted by Crippen LogP contribution is -2.32. The molecule has 2 rings (SSSR count). The van der Waals surface area contributed by atoms with Gasteiger partial charge in [-0.05, 0) is 44.9 Å². The number of benzene rings is 1. The predicted molar refractivity (Wildman–Crippen MR) is 66.5 cm³/mol. The number of halogens is 3. The van der Waals surface area contributed by atoms with Gasteiger partial charge >= 0.3 is 6.18 Å². The molecule has 5 heteroatoms. The third-order valence-electron chi connectivity index (χ3n) is 3.59. The first-order chi connectivity index (χ1) is 8.30. The second-order valence-corrected chi connectivity index (χ2v) is 4.95. The molecule has 100 valence electrons. The van der Waals surface area contributed by atoms with Crippen LogP contribution in [0.25, 0.3) is 0 Å². The monoisotopic (exact) mass is 258 g/mol. The average molecular weight is 258 g/mol. The molecule has 1 aliphatic heterocycles. The third-order valence-corrected chi connectivity index (χ3v) is 3.59. The van der Waals surface area contributed by atoms with Crippen LogP contribution in [0.15, 0.2) is 18.2 Å². The third kappa shape index (κ3) is 2.26. The molecular formula is C13H17F3N2. The largest absolute Gasteiger partial charge is 0.418 e. The zero-order valence-electron chi connectivity index (χ0n) is 10.5. The van der Waals surface area contributed by atoms with E-state index >= 15 is 0 Å². The Labute approximate surface area is 105 Å². The van der Waals surface area contributed by atoms with Gasteiger partial charge in [-0.3, -0.25) is 0 Å². The van der Waals surface area contributed by atoms with Crippen molar-refractivity contribution in [2.45, 2.75) is 44.9 Å². The molecule has 0 spiro atoms. The summed E-state index contributed by atoms with van der Waals surface area (Å²) >= 11 is 0. The Balaban J connectivity index is 2.41. The summed E-state index contributed by atoms with van der Waals surface area (Å²) in [5.74, 6) is 0. The minimum absolute atomic E-state index is 0.217. The topological polar surface area (TPSA) is 29.3 Å². The van der Waals surface area contributed by atoms with E-state index in [0.29, 0.717) is 5.69 Å². The predicted octanol–water partition coefficient (Wildman–Crippen LogP) is 3.66. The van der Waals surface area contributed by atoms with Crippen molar-refractivity contribution in [2.24, 2.45) is 0 Å². The molecule has 1 heterocycles. The van der Waals surface area contributed by atoms with E-state index in [1.54, 1.807) is 6.07 Å². The van der Waals surface area contributed by atoms with Gasteiger partial charge in [0.2, 0.25) is 0 Å². The van der Waals surface area contributed by atoms with Gasteiger partial charge in [0.15, 0.2) is 0 Å². The van der Waals surface area contributed by atoms with Crippen LogP contribution in [0.5, 0.6) is 0 Å². The smallest absolute Gasteiger partial charge is 0.398 e. The van der Waals surface area contributed by atoms with Crippen LogP contribution < -0.4 is 10.6 Å². The van der Waals surface area contributed by atoms with Gasteiger partial charge < -0.3 is 10.6 Å². The fourth-order valence-electron chi connectivity index (χ4n) is 2.65. The summed E-state index contributed by atoms with van der Waals surface area (Å²) < 4.78 is 38.4. The number of nitrogens with two attached hydrogens (primary N) is 1. The van der Waals surface area contributed by atoms with Crippen LogP contribution in [0.1, 0.15) is 32.3 Å². The number of anilines is 2. The van der Waals surface area contributed by atoms with Gasteiger partial charge in [-0.2, -0.15) is 13.2 Å². The highest BCUT2D eigenvalue weighted by Gasteiger charge is 2.35. The van der Waals surface area contributed by atoms with Gasteiger partial charge in [0.1, 0.15) is 0 Å². The summed E-state index contributed by atoms with van der Waals surface area (Å²) in [5, 5.41) is 0. The first-order valence-electron chi connectivity index (χ1n) is 6.05. The van der Waals surface area contributed by atoms with Gasteiger partial charge in [-0.15, -0.1) is 0 Å². The van der Waals surface area contributed by atoms with Gasteiger partial charge in [0.05, 0.1) is 5.56 Å². The molecule has 0 bridgehead atoms. The number of hydrogen-bond acceptors (Lipinski definition) is 2. The van der Waals surface area contributed by atoms with E-state index in [9.17, 15) is 13.2 Å². The molecule has 1 saturated heterocycles. The molecule has 1 aliphatic rings. The maximum Gasteiger partial charge on any atom is 0.418 e. The molecule has 2 nitrogen and oxygen atoms in total. The molecule has 0 saturated carbocycles. The highest BCUT2D eigenvalue weighted by molar-refractivity contribution is 5.60. The standard InChI is InChI=1S/C13H17F3N2/c1-8-3-4-9(2)18(8)10-5-6-12(17)11(7-10)13(14,15)16/h5-9H,3-4,17H2,1-2H3. The van der Waals surface area contributed by atoms with Crippen LogP contribution >= 0.6 is 0 Å². The molecule has 0 amide bonds. The SMILES string of the molecule is CC1CCC(C)N1c1ccc(N)c(C(F)(F)F)c1. The van der Waals surface area contributed by atoms with E-state index in [1.165, 1.54) is 6.07 Å². The summed E-state index contributed by atoms with van der Waals surface area (Å²) in [7, 11) is 0. The van der Waals surface area contributed by atoms with E-state index in [-0.39, 0.29) is 17.8 Å². The van der Waals surface area contributed by atoms with E-state index in [0.717, 1.165) is 18.9 Å². The van der Waals surface area contributed by atoms with E-state index in [1.807, 2.05) is 18.7 Å². The lowest BCUT2D eigenvalue weighted by molar-refractivity contribution is -0.136. The fourth-order valence-corrected chi connectivity index (χ4v) is 2.65. The molecule has 0 radical (unpaired) electrons. The fraction of sp³-hybridized carbons (Fsp3) is 0.538. The molecule has 1 aromatic carbocycles. The highest BCUT2D eigenvalue weighted by atomic mass is 19.4. The second kappa shape index (κ2) is 4.37. The average Bonchev–Trinajstić information content (AvgIpc) is 2.58. The second-order valence-electron chi connectivity index (χ2n) is 4.95. The van der Waals surface area contributed by atoms with E-state index in [2.05, 4.69) is 0 Å². The Kier molecular flexibility index (Phi) is 3.17. The normalized spacial score (nSPS) is 24.6. The lowest BCUT2D eigenvalue weighted by atomic mass is 10.1. The van der Waals surface area contributed by atoms with Crippen molar-refractivity contribution < 1.29 is 13.2 Å². The van der Waals surface area contributed by atoms with Crippen LogP contribution in [-0.2, 0) is 6.18 Å². The molecule has 18 heavy (non-hydrogen) atoms. The number of rotatable bonds is 1. The molecule has 1 aromatic rings. The Morgan fingerprint density at radius 2 is 1.72 bits per heavy atom. The van der Waals surface area contributed by atoms with Crippen molar-refractivity contribution in [3.63, 3.8) is 0 Å². The quantitative estimate of drug-likeness (QED) is 0.779. The van der Waals surface area contributed by atoms with Crippen LogP contribution in [0, 0.1) is 0 Å². The van der Waals surface area contributed by atoms with Crippen molar-refractivity contribution in [1.82, 2.24) is 0 Å². The van der Waals surface area contributed by atoms with Crippen molar-refractivity contribution in [3.05, 3.63) is 23.8 Å². The molecule has 0 aliphatic carbocycles. The Morgan fingerprint density at radius 1 is 1.17 bits per heavy atom. The minimum atomic E-state index is -4.40. The summed E-state index contributed by atoms with van der Waals surface area (Å²) in [6.45, 7) is 4.07. The molecule has 2 unspecified atom stereocenters. The summed E-state index contributed by atoms with van der Waals surface area (Å²) in [6.07, 6.45) is -2.38. The van der Waals surface area contributed by atoms with E-state index in [4.69, 9.17) is 5.73 Å². The van der Waals surface area contributed by atoms with Crippen LogP contribution in [0.2, 0.25) is 0 Å². The molecule has 2 N–H and O–H groups in total. The van der Waals surface area contributed by atoms with Crippen molar-refractivity contribution in [2.75, 3.05) is 10.6 Å². The van der Waals surface area contributed by atoms with Gasteiger partial charge in [-0.1, -0.05) is 0 Å². The van der Waals surface area contributed by atoms with Gasteiger partial charge in [0, 0.05) is 23.5 Å². The van der Waals surface area contributed by atoms with Crippen LogP contribution in [-0.4, -0.2) is 12.1 Å². The first-order valence-corrected chi connectivity index (χ1v) is 6.05. The summed E-state index contributed by atoms with van der Waals surface area (Å²) in [6, 6.07) is 4.71. The Hall–Kier alpha value is -1.39. The molecule has 2 atom stereocenters. The zero-order chi connectivity index (χ0) is 13.5. The number of nitrogen functional groups attached to an aromatic ring is 1. The van der Waals surface area contributed by atoms with Crippen molar-refractivity contribution >= 4 is 11.4 Å². The van der Waals surface area contributed by atoms with Crippen molar-refractivity contribution in [3.8, 4) is 0 Å². The molecule has 0 aromatic heterocycles. The number of nitrogens with zero attached hydrogens (tertiary/aromatic N) is 1. The maximum absolute atomic E-state index is 12.8. The van der Waals surface area contributed by atoms with Gasteiger partial charge in [-0.25, -0.2) is 0 Å². The Morgan fingerprint density at radius 3 is 2.22 bits per heavy atom. The Bertz CT molecular complexity index is 432. The van der Waals surface area contributed by atoms with Crippen molar-refractivity contribution in [1.29, 1.82) is 0 Å². The minimum Gasteiger partial charge on any atom is -0.398 e. The van der Waals surface area contributed by atoms with Gasteiger partial charge in [0.25, 0.3) is 0 Å². The molecular weight excluding hydrogens is 241 g/mol. The lowest BCUT2D eigenvalue weighted by Gasteiger charge is -2.29. The summed E-state index contributed by atoms with van der Waals surface area (Å²) in [4.78, 5) is 2.04. The zero-order valence-corrected chi connectivity index (χ0v) is 10.5. The molecule has 1 fully saturated rings.